The summed E-state index contributed by atoms with van der Waals surface area (Å²) in [5, 5.41) is 0. The molecule has 0 radical (unpaired) electrons. The first-order valence-electron chi connectivity index (χ1n) is 6.40. The van der Waals surface area contributed by atoms with Crippen LogP contribution in [0.2, 0.25) is 0 Å². The Morgan fingerprint density at radius 3 is 2.32 bits per heavy atom. The summed E-state index contributed by atoms with van der Waals surface area (Å²) < 4.78 is 11.4. The number of rotatable bonds is 5. The van der Waals surface area contributed by atoms with Gasteiger partial charge in [-0.25, -0.2) is 0 Å². The zero-order valence-corrected chi connectivity index (χ0v) is 13.8. The van der Waals surface area contributed by atoms with Gasteiger partial charge in [0.15, 0.2) is 0 Å². The molecule has 114 valence electrons. The van der Waals surface area contributed by atoms with E-state index in [2.05, 4.69) is 20.9 Å². The third-order valence-corrected chi connectivity index (χ3v) is 3.63. The number of primary amides is 1. The van der Waals surface area contributed by atoms with Crippen LogP contribution in [0, 0.1) is 0 Å². The van der Waals surface area contributed by atoms with Gasteiger partial charge in [-0.3, -0.25) is 9.79 Å². The van der Waals surface area contributed by atoms with Crippen molar-refractivity contribution in [3.63, 3.8) is 0 Å². The molecule has 22 heavy (non-hydrogen) atoms. The van der Waals surface area contributed by atoms with Gasteiger partial charge in [0.2, 0.25) is 5.91 Å². The SMILES string of the molecule is COc1cc(OC)c(C=Nc2ccc(C(N)=O)cc2)cc1Br. The Balaban J connectivity index is 2.29. The monoisotopic (exact) mass is 362 g/mol. The molecule has 0 bridgehead atoms. The molecule has 0 fully saturated rings. The minimum atomic E-state index is -0.462. The molecule has 0 unspecified atom stereocenters. The van der Waals surface area contributed by atoms with E-state index in [1.807, 2.05) is 6.07 Å². The Hall–Kier alpha value is -2.34. The van der Waals surface area contributed by atoms with Crippen LogP contribution in [0.3, 0.4) is 0 Å². The van der Waals surface area contributed by atoms with E-state index in [-0.39, 0.29) is 0 Å². The van der Waals surface area contributed by atoms with Gasteiger partial charge in [-0.15, -0.1) is 0 Å². The van der Waals surface area contributed by atoms with Gasteiger partial charge >= 0.3 is 0 Å². The lowest BCUT2D eigenvalue weighted by Gasteiger charge is -2.09. The van der Waals surface area contributed by atoms with Gasteiger partial charge in [0.25, 0.3) is 0 Å². The van der Waals surface area contributed by atoms with Gasteiger partial charge in [0.1, 0.15) is 11.5 Å². The van der Waals surface area contributed by atoms with E-state index in [0.717, 1.165) is 10.0 Å². The summed E-state index contributed by atoms with van der Waals surface area (Å²) in [6.45, 7) is 0. The molecule has 0 saturated heterocycles. The van der Waals surface area contributed by atoms with Gasteiger partial charge in [-0.05, 0) is 46.3 Å². The maximum Gasteiger partial charge on any atom is 0.248 e. The predicted octanol–water partition coefficient (Wildman–Crippen LogP) is 3.32. The molecule has 0 aliphatic rings. The molecule has 0 atom stereocenters. The van der Waals surface area contributed by atoms with Crippen LogP contribution in [0.4, 0.5) is 5.69 Å². The summed E-state index contributed by atoms with van der Waals surface area (Å²) in [5.41, 5.74) is 7.16. The lowest BCUT2D eigenvalue weighted by Crippen LogP contribution is -2.10. The van der Waals surface area contributed by atoms with Gasteiger partial charge in [0, 0.05) is 23.4 Å². The molecule has 0 saturated carbocycles. The summed E-state index contributed by atoms with van der Waals surface area (Å²) >= 11 is 3.43. The normalized spacial score (nSPS) is 10.7. The lowest BCUT2D eigenvalue weighted by molar-refractivity contribution is 0.100. The highest BCUT2D eigenvalue weighted by Crippen LogP contribution is 2.32. The summed E-state index contributed by atoms with van der Waals surface area (Å²) in [7, 11) is 3.18. The zero-order chi connectivity index (χ0) is 16.1. The molecular formula is C16H15BrN2O3. The Kier molecular flexibility index (Phi) is 5.16. The minimum absolute atomic E-state index is 0.448. The number of methoxy groups -OCH3 is 2. The molecule has 1 amide bonds. The molecule has 0 aliphatic heterocycles. The summed E-state index contributed by atoms with van der Waals surface area (Å²) in [5.74, 6) is 0.869. The predicted molar refractivity (Wildman–Crippen MR) is 89.5 cm³/mol. The molecule has 0 aliphatic carbocycles. The van der Waals surface area contributed by atoms with Crippen LogP contribution in [0.5, 0.6) is 11.5 Å². The number of ether oxygens (including phenoxy) is 2. The summed E-state index contributed by atoms with van der Waals surface area (Å²) in [4.78, 5) is 15.4. The van der Waals surface area contributed by atoms with Crippen LogP contribution in [0.1, 0.15) is 15.9 Å². The molecule has 2 aromatic carbocycles. The number of carbonyl (C=O) groups excluding carboxylic acids is 1. The Morgan fingerprint density at radius 2 is 1.77 bits per heavy atom. The minimum Gasteiger partial charge on any atom is -0.496 e. The highest BCUT2D eigenvalue weighted by Gasteiger charge is 2.08. The van der Waals surface area contributed by atoms with Crippen LogP contribution in [-0.2, 0) is 0 Å². The molecule has 0 spiro atoms. The lowest BCUT2D eigenvalue weighted by atomic mass is 10.2. The molecule has 2 rings (SSSR count). The number of hydrogen-bond donors (Lipinski definition) is 1. The van der Waals surface area contributed by atoms with Gasteiger partial charge < -0.3 is 15.2 Å². The van der Waals surface area contributed by atoms with Crippen molar-refractivity contribution in [3.05, 3.63) is 52.0 Å². The highest BCUT2D eigenvalue weighted by molar-refractivity contribution is 9.10. The number of amides is 1. The molecule has 0 heterocycles. The number of nitrogens with two attached hydrogens (primary N) is 1. The average molecular weight is 363 g/mol. The van der Waals surface area contributed by atoms with Crippen molar-refractivity contribution in [2.75, 3.05) is 14.2 Å². The highest BCUT2D eigenvalue weighted by atomic mass is 79.9. The number of hydrogen-bond acceptors (Lipinski definition) is 4. The largest absolute Gasteiger partial charge is 0.496 e. The van der Waals surface area contributed by atoms with E-state index < -0.39 is 5.91 Å². The van der Waals surface area contributed by atoms with Crippen molar-refractivity contribution in [2.24, 2.45) is 10.7 Å². The molecule has 6 heteroatoms. The quantitative estimate of drug-likeness (QED) is 0.829. The van der Waals surface area contributed by atoms with Crippen molar-refractivity contribution in [1.29, 1.82) is 0 Å². The van der Waals surface area contributed by atoms with Crippen molar-refractivity contribution in [1.82, 2.24) is 0 Å². The fourth-order valence-corrected chi connectivity index (χ4v) is 2.36. The van der Waals surface area contributed by atoms with E-state index in [0.29, 0.717) is 22.7 Å². The second-order valence-corrected chi connectivity index (χ2v) is 5.25. The third kappa shape index (κ3) is 3.65. The Bertz CT molecular complexity index is 712. The maximum absolute atomic E-state index is 11.0. The first-order chi connectivity index (χ1) is 10.5. The summed E-state index contributed by atoms with van der Waals surface area (Å²) in [6.07, 6.45) is 1.68. The average Bonchev–Trinajstić information content (AvgIpc) is 2.53. The molecular weight excluding hydrogens is 348 g/mol. The molecule has 0 aromatic heterocycles. The number of nitrogens with zero attached hydrogens (tertiary/aromatic N) is 1. The van der Waals surface area contributed by atoms with E-state index in [9.17, 15) is 4.79 Å². The Morgan fingerprint density at radius 1 is 1.14 bits per heavy atom. The van der Waals surface area contributed by atoms with Crippen LogP contribution in [0.25, 0.3) is 0 Å². The first kappa shape index (κ1) is 16.0. The molecule has 5 nitrogen and oxygen atoms in total. The molecule has 2 N–H and O–H groups in total. The number of benzene rings is 2. The standard InChI is InChI=1S/C16H15BrN2O3/c1-21-14-8-15(22-2)13(17)7-11(14)9-19-12-5-3-10(4-6-12)16(18)20/h3-9H,1-2H3,(H2,18,20). The van der Waals surface area contributed by atoms with E-state index in [1.165, 1.54) is 0 Å². The van der Waals surface area contributed by atoms with Crippen LogP contribution < -0.4 is 15.2 Å². The van der Waals surface area contributed by atoms with Crippen molar-refractivity contribution < 1.29 is 14.3 Å². The second-order valence-electron chi connectivity index (χ2n) is 4.40. The number of carbonyl (C=O) groups is 1. The van der Waals surface area contributed by atoms with Crippen molar-refractivity contribution >= 4 is 33.7 Å². The molecule has 2 aromatic rings. The van der Waals surface area contributed by atoms with Crippen molar-refractivity contribution in [3.8, 4) is 11.5 Å². The van der Waals surface area contributed by atoms with E-state index in [4.69, 9.17) is 15.2 Å². The zero-order valence-electron chi connectivity index (χ0n) is 12.2. The van der Waals surface area contributed by atoms with Gasteiger partial charge in [-0.2, -0.15) is 0 Å². The topological polar surface area (TPSA) is 73.9 Å². The number of aliphatic imine (C=N–C) groups is 1. The van der Waals surface area contributed by atoms with Gasteiger partial charge in [0.05, 0.1) is 24.4 Å². The van der Waals surface area contributed by atoms with E-state index in [1.54, 1.807) is 50.8 Å². The third-order valence-electron chi connectivity index (χ3n) is 3.01. The maximum atomic E-state index is 11.0. The fraction of sp³-hybridized carbons (Fsp3) is 0.125. The van der Waals surface area contributed by atoms with Crippen LogP contribution in [0.15, 0.2) is 45.9 Å². The number of halogens is 1. The van der Waals surface area contributed by atoms with Crippen LogP contribution in [-0.4, -0.2) is 26.3 Å². The summed E-state index contributed by atoms with van der Waals surface area (Å²) in [6, 6.07) is 10.4. The van der Waals surface area contributed by atoms with Gasteiger partial charge in [-0.1, -0.05) is 0 Å². The first-order valence-corrected chi connectivity index (χ1v) is 7.20. The smallest absolute Gasteiger partial charge is 0.248 e. The van der Waals surface area contributed by atoms with E-state index >= 15 is 0 Å². The second kappa shape index (κ2) is 7.09. The van der Waals surface area contributed by atoms with Crippen molar-refractivity contribution in [2.45, 2.75) is 0 Å². The fourth-order valence-electron chi connectivity index (χ4n) is 1.84. The Labute approximate surface area is 136 Å². The van der Waals surface area contributed by atoms with Crippen LogP contribution >= 0.6 is 15.9 Å².